The molecule has 0 aliphatic carbocycles. The van der Waals surface area contributed by atoms with Gasteiger partial charge in [-0.1, -0.05) is 19.1 Å². The number of urea groups is 1. The maximum atomic E-state index is 11.9. The van der Waals surface area contributed by atoms with Gasteiger partial charge >= 0.3 is 6.03 Å². The molecule has 11 heteroatoms. The number of pyridine rings is 1. The van der Waals surface area contributed by atoms with E-state index in [1.165, 1.54) is 0 Å². The van der Waals surface area contributed by atoms with Crippen LogP contribution in [0.5, 0.6) is 0 Å². The molecule has 0 atom stereocenters. The number of hydrogen-bond donors (Lipinski definition) is 3. The van der Waals surface area contributed by atoms with Gasteiger partial charge < -0.3 is 16.0 Å². The van der Waals surface area contributed by atoms with Crippen LogP contribution in [0.15, 0.2) is 60.0 Å². The van der Waals surface area contributed by atoms with Crippen molar-refractivity contribution in [2.45, 2.75) is 26.8 Å². The molecule has 0 radical (unpaired) electrons. The summed E-state index contributed by atoms with van der Waals surface area (Å²) in [7, 11) is 0. The van der Waals surface area contributed by atoms with Crippen molar-refractivity contribution in [2.75, 3.05) is 32.7 Å². The average molecular weight is 516 g/mol. The van der Waals surface area contributed by atoms with Crippen molar-refractivity contribution in [3.05, 3.63) is 60.7 Å². The zero-order valence-corrected chi connectivity index (χ0v) is 21.7. The van der Waals surface area contributed by atoms with Crippen LogP contribution in [0.2, 0.25) is 0 Å². The Labute approximate surface area is 222 Å². The smallest absolute Gasteiger partial charge is 0.321 e. The number of nitrogens with one attached hydrogen (secondary N) is 2. The minimum Gasteiger partial charge on any atom is -0.369 e. The van der Waals surface area contributed by atoms with Gasteiger partial charge in [-0.3, -0.25) is 20.0 Å². The van der Waals surface area contributed by atoms with E-state index in [-0.39, 0.29) is 11.9 Å². The third-order valence-corrected chi connectivity index (χ3v) is 6.19. The van der Waals surface area contributed by atoms with E-state index in [0.717, 1.165) is 49.5 Å². The van der Waals surface area contributed by atoms with Crippen LogP contribution in [0.1, 0.15) is 26.0 Å². The van der Waals surface area contributed by atoms with Gasteiger partial charge in [0.2, 0.25) is 11.9 Å². The van der Waals surface area contributed by atoms with E-state index in [1.54, 1.807) is 18.5 Å². The number of hydrogen-bond acceptors (Lipinski definition) is 7. The summed E-state index contributed by atoms with van der Waals surface area (Å²) in [5.74, 6) is 0.668. The molecule has 4 rings (SSSR count). The molecular formula is C27H33N9O2. The van der Waals surface area contributed by atoms with Gasteiger partial charge in [0.25, 0.3) is 0 Å². The second-order valence-electron chi connectivity index (χ2n) is 8.83. The van der Waals surface area contributed by atoms with E-state index in [9.17, 15) is 9.59 Å². The summed E-state index contributed by atoms with van der Waals surface area (Å²) in [5, 5.41) is 5.13. The molecule has 1 aliphatic rings. The summed E-state index contributed by atoms with van der Waals surface area (Å²) >= 11 is 0. The molecule has 2 aromatic heterocycles. The molecule has 1 saturated heterocycles. The average Bonchev–Trinajstić information content (AvgIpc) is 2.94. The summed E-state index contributed by atoms with van der Waals surface area (Å²) in [6.07, 6.45) is 5.72. The van der Waals surface area contributed by atoms with Crippen molar-refractivity contribution in [3.8, 4) is 22.5 Å². The molecule has 3 amide bonds. The van der Waals surface area contributed by atoms with Gasteiger partial charge in [-0.05, 0) is 36.8 Å². The molecule has 4 N–H and O–H groups in total. The van der Waals surface area contributed by atoms with Crippen molar-refractivity contribution >= 4 is 23.6 Å². The summed E-state index contributed by atoms with van der Waals surface area (Å²) in [6.45, 7) is 8.13. The van der Waals surface area contributed by atoms with Crippen LogP contribution < -0.4 is 16.4 Å². The second kappa shape index (κ2) is 12.7. The number of rotatable bonds is 7. The maximum absolute atomic E-state index is 11.9. The first-order valence-electron chi connectivity index (χ1n) is 12.7. The van der Waals surface area contributed by atoms with E-state index in [1.807, 2.05) is 55.3 Å². The third-order valence-electron chi connectivity index (χ3n) is 6.19. The Kier molecular flexibility index (Phi) is 8.94. The topological polar surface area (TPSA) is 142 Å². The van der Waals surface area contributed by atoms with Crippen LogP contribution >= 0.6 is 0 Å². The number of benzene rings is 1. The highest BCUT2D eigenvalue weighted by Crippen LogP contribution is 2.32. The number of aromatic nitrogens is 3. The molecule has 3 heterocycles. The lowest BCUT2D eigenvalue weighted by Gasteiger charge is -2.34. The minimum absolute atomic E-state index is 0.0354. The lowest BCUT2D eigenvalue weighted by molar-refractivity contribution is -0.132. The molecule has 0 bridgehead atoms. The molecule has 38 heavy (non-hydrogen) atoms. The molecule has 1 aromatic carbocycles. The van der Waals surface area contributed by atoms with Crippen LogP contribution in [0.3, 0.4) is 0 Å². The lowest BCUT2D eigenvalue weighted by atomic mass is 10.0. The predicted molar refractivity (Wildman–Crippen MR) is 146 cm³/mol. The van der Waals surface area contributed by atoms with E-state index in [4.69, 9.17) is 5.73 Å². The summed E-state index contributed by atoms with van der Waals surface area (Å²) < 4.78 is 0. The molecule has 1 aliphatic heterocycles. The van der Waals surface area contributed by atoms with Gasteiger partial charge in [-0.25, -0.2) is 19.8 Å². The Morgan fingerprint density at radius 3 is 2.39 bits per heavy atom. The van der Waals surface area contributed by atoms with Crippen LogP contribution in [0, 0.1) is 0 Å². The standard InChI is InChI=1S/C27H33N9O2/c1-3-24(37)36-14-12-35(13-15-36)18-21-8-6-20(17-32-21)19-7-9-23(33-26(28)34-27(38)29-4-2)22(16-19)25-30-10-5-11-31-25/h5-11,16-17H,3-4,12-15,18H2,1-2H3,(H4,28,29,33,34,38). The van der Waals surface area contributed by atoms with E-state index in [0.29, 0.717) is 30.0 Å². The van der Waals surface area contributed by atoms with Crippen LogP contribution in [0.25, 0.3) is 22.5 Å². The minimum atomic E-state index is -0.426. The fraction of sp³-hybridized carbons (Fsp3) is 0.333. The molecule has 0 spiro atoms. The Morgan fingerprint density at radius 1 is 1.00 bits per heavy atom. The van der Waals surface area contributed by atoms with Crippen molar-refractivity contribution in [2.24, 2.45) is 10.7 Å². The van der Waals surface area contributed by atoms with Crippen LogP contribution in [-0.4, -0.2) is 75.4 Å². The van der Waals surface area contributed by atoms with Gasteiger partial charge in [0, 0.05) is 75.4 Å². The first kappa shape index (κ1) is 26.7. The first-order chi connectivity index (χ1) is 18.5. The maximum Gasteiger partial charge on any atom is 0.321 e. The lowest BCUT2D eigenvalue weighted by Crippen LogP contribution is -2.48. The predicted octanol–water partition coefficient (Wildman–Crippen LogP) is 2.53. The number of aliphatic imine (C=N–C) groups is 1. The van der Waals surface area contributed by atoms with Crippen molar-refractivity contribution < 1.29 is 9.59 Å². The fourth-order valence-electron chi connectivity index (χ4n) is 4.21. The van der Waals surface area contributed by atoms with Gasteiger partial charge in [-0.15, -0.1) is 0 Å². The molecule has 1 fully saturated rings. The molecule has 11 nitrogen and oxygen atoms in total. The quantitative estimate of drug-likeness (QED) is 0.324. The summed E-state index contributed by atoms with van der Waals surface area (Å²) in [5.41, 5.74) is 10.00. The molecule has 0 unspecified atom stereocenters. The highest BCUT2D eigenvalue weighted by atomic mass is 16.2. The Balaban J connectivity index is 1.51. The second-order valence-corrected chi connectivity index (χ2v) is 8.83. The summed E-state index contributed by atoms with van der Waals surface area (Å²) in [4.78, 5) is 45.8. The van der Waals surface area contributed by atoms with Crippen molar-refractivity contribution in [1.29, 1.82) is 0 Å². The van der Waals surface area contributed by atoms with E-state index >= 15 is 0 Å². The largest absolute Gasteiger partial charge is 0.369 e. The van der Waals surface area contributed by atoms with Gasteiger partial charge in [0.05, 0.1) is 11.4 Å². The highest BCUT2D eigenvalue weighted by Gasteiger charge is 2.20. The number of nitrogens with two attached hydrogens (primary N) is 1. The highest BCUT2D eigenvalue weighted by molar-refractivity contribution is 5.97. The number of guanidine groups is 1. The van der Waals surface area contributed by atoms with Gasteiger partial charge in [0.15, 0.2) is 5.82 Å². The zero-order valence-electron chi connectivity index (χ0n) is 21.7. The number of nitrogens with zero attached hydrogens (tertiary/aromatic N) is 6. The first-order valence-corrected chi connectivity index (χ1v) is 12.7. The van der Waals surface area contributed by atoms with Crippen LogP contribution in [-0.2, 0) is 11.3 Å². The molecule has 3 aromatic rings. The SMILES string of the molecule is CCNC(=O)NC(N)=Nc1ccc(-c2ccc(CN3CCN(C(=O)CC)CC3)nc2)cc1-c1ncccn1. The molecular weight excluding hydrogens is 482 g/mol. The zero-order chi connectivity index (χ0) is 26.9. The van der Waals surface area contributed by atoms with E-state index < -0.39 is 6.03 Å². The number of piperazine rings is 1. The third kappa shape index (κ3) is 6.88. The Hall–Kier alpha value is -4.38. The molecule has 198 valence electrons. The number of carbonyl (C=O) groups is 2. The normalized spacial score (nSPS) is 14.3. The Morgan fingerprint density at radius 2 is 1.74 bits per heavy atom. The van der Waals surface area contributed by atoms with Gasteiger partial charge in [0.1, 0.15) is 0 Å². The van der Waals surface area contributed by atoms with Crippen LogP contribution in [0.4, 0.5) is 10.5 Å². The monoisotopic (exact) mass is 515 g/mol. The van der Waals surface area contributed by atoms with E-state index in [2.05, 4.69) is 35.5 Å². The molecule has 0 saturated carbocycles. The number of amides is 3. The Bertz CT molecular complexity index is 1270. The fourth-order valence-corrected chi connectivity index (χ4v) is 4.21. The number of carbonyl (C=O) groups excluding carboxylic acids is 2. The van der Waals surface area contributed by atoms with Gasteiger partial charge in [-0.2, -0.15) is 0 Å². The van der Waals surface area contributed by atoms with Crippen molar-refractivity contribution in [3.63, 3.8) is 0 Å². The van der Waals surface area contributed by atoms with Crippen molar-refractivity contribution in [1.82, 2.24) is 35.4 Å². The summed E-state index contributed by atoms with van der Waals surface area (Å²) in [6, 6.07) is 11.1.